The lowest BCUT2D eigenvalue weighted by atomic mass is 9.98. The molecule has 1 amide bonds. The van der Waals surface area contributed by atoms with Gasteiger partial charge in [0.15, 0.2) is 0 Å². The molecule has 3 N–H and O–H groups in total. The molecule has 1 fully saturated rings. The zero-order valence-corrected chi connectivity index (χ0v) is 12.9. The predicted molar refractivity (Wildman–Crippen MR) is 86.2 cm³/mol. The van der Waals surface area contributed by atoms with E-state index in [1.165, 1.54) is 0 Å². The Hall–Kier alpha value is -1.50. The number of morpholine rings is 1. The highest BCUT2D eigenvalue weighted by atomic mass is 32.1. The monoisotopic (exact) mass is 307 g/mol. The number of ether oxygens (including phenoxy) is 1. The van der Waals surface area contributed by atoms with Gasteiger partial charge < -0.3 is 20.7 Å². The van der Waals surface area contributed by atoms with Gasteiger partial charge in [0.25, 0.3) is 0 Å². The molecule has 1 aromatic rings. The van der Waals surface area contributed by atoms with E-state index in [9.17, 15) is 4.79 Å². The molecule has 21 heavy (non-hydrogen) atoms. The molecule has 0 aromatic heterocycles. The summed E-state index contributed by atoms with van der Waals surface area (Å²) >= 11 is 5.04. The van der Waals surface area contributed by atoms with Crippen molar-refractivity contribution in [2.45, 2.75) is 12.0 Å². The lowest BCUT2D eigenvalue weighted by Crippen LogP contribution is -2.47. The van der Waals surface area contributed by atoms with Gasteiger partial charge in [0.05, 0.1) is 17.7 Å². The Kier molecular flexibility index (Phi) is 5.67. The van der Waals surface area contributed by atoms with Gasteiger partial charge >= 0.3 is 0 Å². The number of hydrogen-bond donors (Lipinski definition) is 2. The third kappa shape index (κ3) is 4.49. The minimum absolute atomic E-state index is 0.00969. The Bertz CT molecular complexity index is 495. The molecule has 114 valence electrons. The van der Waals surface area contributed by atoms with E-state index in [1.807, 2.05) is 37.4 Å². The van der Waals surface area contributed by atoms with E-state index in [2.05, 4.69) is 10.2 Å². The van der Waals surface area contributed by atoms with Gasteiger partial charge in [-0.1, -0.05) is 42.5 Å². The summed E-state index contributed by atoms with van der Waals surface area (Å²) in [5.74, 6) is -0.770. The van der Waals surface area contributed by atoms with Gasteiger partial charge in [-0.25, -0.2) is 0 Å². The number of carbonyl (C=O) groups is 1. The first kappa shape index (κ1) is 15.9. The number of nitrogens with one attached hydrogen (secondary N) is 1. The molecule has 0 spiro atoms. The molecule has 2 rings (SSSR count). The van der Waals surface area contributed by atoms with Gasteiger partial charge in [-0.3, -0.25) is 4.79 Å². The molecule has 2 unspecified atom stereocenters. The van der Waals surface area contributed by atoms with Gasteiger partial charge in [0.2, 0.25) is 5.91 Å². The zero-order valence-electron chi connectivity index (χ0n) is 12.1. The molecule has 0 bridgehead atoms. The third-order valence-electron chi connectivity index (χ3n) is 3.53. The van der Waals surface area contributed by atoms with Crippen LogP contribution in [-0.4, -0.2) is 55.2 Å². The second-order valence-corrected chi connectivity index (χ2v) is 5.72. The molecule has 1 saturated heterocycles. The average Bonchev–Trinajstić information content (AvgIpc) is 2.46. The van der Waals surface area contributed by atoms with Crippen LogP contribution >= 0.6 is 12.2 Å². The number of carbonyl (C=O) groups excluding carboxylic acids is 1. The fraction of sp³-hybridized carbons (Fsp3) is 0.467. The van der Waals surface area contributed by atoms with Crippen molar-refractivity contribution in [2.24, 2.45) is 5.73 Å². The van der Waals surface area contributed by atoms with Crippen molar-refractivity contribution in [3.63, 3.8) is 0 Å². The van der Waals surface area contributed by atoms with Crippen LogP contribution in [0.15, 0.2) is 30.3 Å². The standard InChI is InChI=1S/C15H21N3O2S/c1-18-7-8-20-12(10-18)9-17-15(19)13(14(16)21)11-5-3-2-4-6-11/h2-6,12-13H,7-10H2,1H3,(H2,16,21)(H,17,19). The van der Waals surface area contributed by atoms with E-state index >= 15 is 0 Å². The van der Waals surface area contributed by atoms with Crippen LogP contribution in [0, 0.1) is 0 Å². The summed E-state index contributed by atoms with van der Waals surface area (Å²) in [4.78, 5) is 14.7. The lowest BCUT2D eigenvalue weighted by Gasteiger charge is -2.30. The van der Waals surface area contributed by atoms with Crippen LogP contribution in [0.1, 0.15) is 11.5 Å². The summed E-state index contributed by atoms with van der Waals surface area (Å²) < 4.78 is 5.62. The van der Waals surface area contributed by atoms with Crippen LogP contribution in [0.4, 0.5) is 0 Å². The number of nitrogens with two attached hydrogens (primary N) is 1. The van der Waals surface area contributed by atoms with E-state index in [4.69, 9.17) is 22.7 Å². The molecule has 6 heteroatoms. The molecule has 2 atom stereocenters. The predicted octanol–water partition coefficient (Wildman–Crippen LogP) is 0.503. The maximum atomic E-state index is 12.4. The summed E-state index contributed by atoms with van der Waals surface area (Å²) in [5, 5.41) is 2.89. The number of benzene rings is 1. The molecule has 0 saturated carbocycles. The number of nitrogens with zero attached hydrogens (tertiary/aromatic N) is 1. The number of thiocarbonyl (C=S) groups is 1. The third-order valence-corrected chi connectivity index (χ3v) is 3.76. The number of rotatable bonds is 5. The first-order valence-electron chi connectivity index (χ1n) is 7.00. The van der Waals surface area contributed by atoms with E-state index in [-0.39, 0.29) is 17.0 Å². The maximum Gasteiger partial charge on any atom is 0.234 e. The Balaban J connectivity index is 1.95. The zero-order chi connectivity index (χ0) is 15.2. The highest BCUT2D eigenvalue weighted by Gasteiger charge is 2.25. The Labute approximate surface area is 130 Å². The van der Waals surface area contributed by atoms with E-state index in [0.29, 0.717) is 13.2 Å². The van der Waals surface area contributed by atoms with E-state index < -0.39 is 5.92 Å². The van der Waals surface area contributed by atoms with Gasteiger partial charge in [0.1, 0.15) is 5.92 Å². The van der Waals surface area contributed by atoms with Crippen LogP contribution in [0.3, 0.4) is 0 Å². The SMILES string of the molecule is CN1CCOC(CNC(=O)C(C(N)=S)c2ccccc2)C1. The molecule has 1 aromatic carbocycles. The molecule has 0 aliphatic carbocycles. The maximum absolute atomic E-state index is 12.4. The Morgan fingerprint density at radius 1 is 1.52 bits per heavy atom. The highest BCUT2D eigenvalue weighted by Crippen LogP contribution is 2.16. The Morgan fingerprint density at radius 3 is 2.86 bits per heavy atom. The molecule has 5 nitrogen and oxygen atoms in total. The van der Waals surface area contributed by atoms with Crippen molar-refractivity contribution < 1.29 is 9.53 Å². The summed E-state index contributed by atoms with van der Waals surface area (Å²) in [6.45, 7) is 2.89. The summed E-state index contributed by atoms with van der Waals surface area (Å²) in [5.41, 5.74) is 6.54. The lowest BCUT2D eigenvalue weighted by molar-refractivity contribution is -0.122. The minimum atomic E-state index is -0.595. The van der Waals surface area contributed by atoms with Crippen molar-refractivity contribution in [1.29, 1.82) is 0 Å². The molecular weight excluding hydrogens is 286 g/mol. The second kappa shape index (κ2) is 7.49. The summed E-state index contributed by atoms with van der Waals surface area (Å²) in [7, 11) is 2.04. The first-order chi connectivity index (χ1) is 10.1. The quantitative estimate of drug-likeness (QED) is 0.776. The molecule has 1 aliphatic heterocycles. The molecule has 1 aliphatic rings. The van der Waals surface area contributed by atoms with Crippen LogP contribution in [0.25, 0.3) is 0 Å². The van der Waals surface area contributed by atoms with Gasteiger partial charge in [-0.2, -0.15) is 0 Å². The smallest absolute Gasteiger partial charge is 0.234 e. The number of likely N-dealkylation sites (N-methyl/N-ethyl adjacent to an activating group) is 1. The van der Waals surface area contributed by atoms with Gasteiger partial charge in [0, 0.05) is 19.6 Å². The van der Waals surface area contributed by atoms with E-state index in [1.54, 1.807) is 0 Å². The van der Waals surface area contributed by atoms with Crippen LogP contribution in [-0.2, 0) is 9.53 Å². The fourth-order valence-corrected chi connectivity index (χ4v) is 2.64. The van der Waals surface area contributed by atoms with Crippen molar-refractivity contribution in [1.82, 2.24) is 10.2 Å². The first-order valence-corrected chi connectivity index (χ1v) is 7.41. The second-order valence-electron chi connectivity index (χ2n) is 5.25. The fourth-order valence-electron chi connectivity index (χ4n) is 2.40. The topological polar surface area (TPSA) is 67.6 Å². The van der Waals surface area contributed by atoms with Crippen molar-refractivity contribution >= 4 is 23.1 Å². The summed E-state index contributed by atoms with van der Waals surface area (Å²) in [6, 6.07) is 9.34. The normalized spacial score (nSPS) is 20.7. The van der Waals surface area contributed by atoms with E-state index in [0.717, 1.165) is 18.7 Å². The van der Waals surface area contributed by atoms with Gasteiger partial charge in [-0.15, -0.1) is 0 Å². The van der Waals surface area contributed by atoms with Crippen molar-refractivity contribution in [2.75, 3.05) is 33.3 Å². The average molecular weight is 307 g/mol. The van der Waals surface area contributed by atoms with Crippen LogP contribution in [0.5, 0.6) is 0 Å². The van der Waals surface area contributed by atoms with Crippen LogP contribution in [0.2, 0.25) is 0 Å². The highest BCUT2D eigenvalue weighted by molar-refractivity contribution is 7.80. The van der Waals surface area contributed by atoms with Crippen molar-refractivity contribution in [3.8, 4) is 0 Å². The van der Waals surface area contributed by atoms with Crippen molar-refractivity contribution in [3.05, 3.63) is 35.9 Å². The molecule has 1 heterocycles. The van der Waals surface area contributed by atoms with Gasteiger partial charge in [-0.05, 0) is 12.6 Å². The molecule has 0 radical (unpaired) electrons. The Morgan fingerprint density at radius 2 is 2.24 bits per heavy atom. The minimum Gasteiger partial charge on any atom is -0.392 e. The van der Waals surface area contributed by atoms with Crippen LogP contribution < -0.4 is 11.1 Å². The molecular formula is C15H21N3O2S. The summed E-state index contributed by atoms with van der Waals surface area (Å²) in [6.07, 6.45) is 0.00969. The number of hydrogen-bond acceptors (Lipinski definition) is 4. The largest absolute Gasteiger partial charge is 0.392 e. The number of amides is 1.